The quantitative estimate of drug-likeness (QED) is 0.609. The molecule has 0 atom stereocenters. The van der Waals surface area contributed by atoms with Gasteiger partial charge in [0.2, 0.25) is 0 Å². The van der Waals surface area contributed by atoms with Crippen LogP contribution >= 0.6 is 12.4 Å². The second kappa shape index (κ2) is 10.5. The van der Waals surface area contributed by atoms with E-state index in [9.17, 15) is 0 Å². The fourth-order valence-corrected chi connectivity index (χ4v) is 3.67. The second-order valence-electron chi connectivity index (χ2n) is 6.92. The number of likely N-dealkylation sites (tertiary alicyclic amines) is 1. The first kappa shape index (κ1) is 19.0. The lowest BCUT2D eigenvalue weighted by molar-refractivity contribution is 0.181. The average Bonchev–Trinajstić information content (AvgIpc) is 2.62. The monoisotopic (exact) mass is 343 g/mol. The second-order valence-corrected chi connectivity index (χ2v) is 6.92. The molecule has 3 rings (SSSR count). The van der Waals surface area contributed by atoms with Crippen molar-refractivity contribution in [2.45, 2.75) is 38.5 Å². The normalized spacial score (nSPS) is 15.8. The van der Waals surface area contributed by atoms with E-state index in [1.165, 1.54) is 69.3 Å². The molecule has 2 aromatic carbocycles. The molecule has 0 spiro atoms. The van der Waals surface area contributed by atoms with E-state index in [1.54, 1.807) is 0 Å². The lowest BCUT2D eigenvalue weighted by Gasteiger charge is -2.32. The van der Waals surface area contributed by atoms with E-state index in [0.717, 1.165) is 5.92 Å². The Hall–Kier alpha value is -1.31. The number of hydrogen-bond donors (Lipinski definition) is 0. The predicted molar refractivity (Wildman–Crippen MR) is 106 cm³/mol. The van der Waals surface area contributed by atoms with Gasteiger partial charge in [-0.15, -0.1) is 12.4 Å². The molecule has 0 N–H and O–H groups in total. The molecule has 2 heteroatoms. The van der Waals surface area contributed by atoms with Crippen molar-refractivity contribution in [1.29, 1.82) is 0 Å². The molecule has 1 nitrogen and oxygen atoms in total. The van der Waals surface area contributed by atoms with Crippen LogP contribution in [0.15, 0.2) is 60.7 Å². The van der Waals surface area contributed by atoms with Crippen LogP contribution in [0, 0.1) is 5.92 Å². The minimum Gasteiger partial charge on any atom is -0.303 e. The van der Waals surface area contributed by atoms with Gasteiger partial charge in [0.15, 0.2) is 0 Å². The van der Waals surface area contributed by atoms with Gasteiger partial charge in [0.25, 0.3) is 0 Å². The first-order valence-electron chi connectivity index (χ1n) is 9.20. The first-order valence-corrected chi connectivity index (χ1v) is 9.20. The summed E-state index contributed by atoms with van der Waals surface area (Å²) in [6, 6.07) is 21.9. The molecule has 1 saturated heterocycles. The van der Waals surface area contributed by atoms with Gasteiger partial charge < -0.3 is 4.90 Å². The smallest absolute Gasteiger partial charge is 0.00160 e. The van der Waals surface area contributed by atoms with E-state index >= 15 is 0 Å². The van der Waals surface area contributed by atoms with Gasteiger partial charge in [-0.3, -0.25) is 0 Å². The summed E-state index contributed by atoms with van der Waals surface area (Å²) in [4.78, 5) is 2.67. The Morgan fingerprint density at radius 1 is 0.750 bits per heavy atom. The minimum atomic E-state index is 0. The maximum atomic E-state index is 2.67. The van der Waals surface area contributed by atoms with Gasteiger partial charge in [0.1, 0.15) is 0 Å². The third-order valence-electron chi connectivity index (χ3n) is 5.11. The third kappa shape index (κ3) is 6.30. The highest BCUT2D eigenvalue weighted by Crippen LogP contribution is 2.22. The van der Waals surface area contributed by atoms with Crippen LogP contribution in [0.3, 0.4) is 0 Å². The van der Waals surface area contributed by atoms with Crippen molar-refractivity contribution < 1.29 is 0 Å². The SMILES string of the molecule is Cl.c1ccc(CCCCN2CCC(Cc3ccccc3)CC2)cc1. The van der Waals surface area contributed by atoms with Crippen LogP contribution in [0.5, 0.6) is 0 Å². The molecule has 130 valence electrons. The van der Waals surface area contributed by atoms with E-state index in [-0.39, 0.29) is 12.4 Å². The molecule has 0 radical (unpaired) electrons. The highest BCUT2D eigenvalue weighted by Gasteiger charge is 2.18. The minimum absolute atomic E-state index is 0. The first-order chi connectivity index (χ1) is 11.4. The van der Waals surface area contributed by atoms with Crippen molar-refractivity contribution in [3.05, 3.63) is 71.8 Å². The number of piperidine rings is 1. The molecule has 0 aromatic heterocycles. The summed E-state index contributed by atoms with van der Waals surface area (Å²) in [7, 11) is 0. The number of halogens is 1. The third-order valence-corrected chi connectivity index (χ3v) is 5.11. The van der Waals surface area contributed by atoms with E-state index in [4.69, 9.17) is 0 Å². The highest BCUT2D eigenvalue weighted by atomic mass is 35.5. The molecule has 1 fully saturated rings. The number of benzene rings is 2. The molecular weight excluding hydrogens is 314 g/mol. The van der Waals surface area contributed by atoms with Crippen molar-refractivity contribution in [2.24, 2.45) is 5.92 Å². The zero-order chi connectivity index (χ0) is 15.7. The Bertz CT molecular complexity index is 544. The van der Waals surface area contributed by atoms with Crippen molar-refractivity contribution in [3.8, 4) is 0 Å². The summed E-state index contributed by atoms with van der Waals surface area (Å²) in [5.41, 5.74) is 2.99. The molecule has 24 heavy (non-hydrogen) atoms. The lowest BCUT2D eigenvalue weighted by atomic mass is 9.90. The lowest BCUT2D eigenvalue weighted by Crippen LogP contribution is -2.35. The van der Waals surface area contributed by atoms with Crippen molar-refractivity contribution >= 4 is 12.4 Å². The molecule has 0 bridgehead atoms. The van der Waals surface area contributed by atoms with Crippen molar-refractivity contribution in [3.63, 3.8) is 0 Å². The summed E-state index contributed by atoms with van der Waals surface area (Å²) in [6.45, 7) is 3.87. The maximum absolute atomic E-state index is 2.67. The molecule has 1 aliphatic rings. The number of unbranched alkanes of at least 4 members (excludes halogenated alkanes) is 1. The molecule has 1 aliphatic heterocycles. The fraction of sp³-hybridized carbons (Fsp3) is 0.455. The Kier molecular flexibility index (Phi) is 8.35. The van der Waals surface area contributed by atoms with Crippen LogP contribution in [0.1, 0.15) is 36.8 Å². The van der Waals surface area contributed by atoms with Gasteiger partial charge in [-0.05, 0) is 75.2 Å². The average molecular weight is 344 g/mol. The summed E-state index contributed by atoms with van der Waals surface area (Å²) >= 11 is 0. The Morgan fingerprint density at radius 2 is 1.33 bits per heavy atom. The van der Waals surface area contributed by atoms with Gasteiger partial charge in [-0.1, -0.05) is 60.7 Å². The molecule has 0 unspecified atom stereocenters. The van der Waals surface area contributed by atoms with E-state index in [2.05, 4.69) is 65.6 Å². The number of nitrogens with zero attached hydrogens (tertiary/aromatic N) is 1. The number of hydrogen-bond acceptors (Lipinski definition) is 1. The number of aryl methyl sites for hydroxylation is 1. The highest BCUT2D eigenvalue weighted by molar-refractivity contribution is 5.85. The van der Waals surface area contributed by atoms with Gasteiger partial charge in [-0.25, -0.2) is 0 Å². The largest absolute Gasteiger partial charge is 0.303 e. The van der Waals surface area contributed by atoms with E-state index < -0.39 is 0 Å². The maximum Gasteiger partial charge on any atom is -0.00160 e. The zero-order valence-corrected chi connectivity index (χ0v) is 15.4. The summed E-state index contributed by atoms with van der Waals surface area (Å²) < 4.78 is 0. The van der Waals surface area contributed by atoms with Crippen LogP contribution in [-0.4, -0.2) is 24.5 Å². The zero-order valence-electron chi connectivity index (χ0n) is 14.6. The Balaban J connectivity index is 0.00000208. The van der Waals surface area contributed by atoms with Gasteiger partial charge in [0, 0.05) is 0 Å². The molecule has 1 heterocycles. The van der Waals surface area contributed by atoms with Crippen LogP contribution < -0.4 is 0 Å². The van der Waals surface area contributed by atoms with E-state index in [0.29, 0.717) is 0 Å². The van der Waals surface area contributed by atoms with Crippen LogP contribution in [0.25, 0.3) is 0 Å². The van der Waals surface area contributed by atoms with Gasteiger partial charge in [-0.2, -0.15) is 0 Å². The Morgan fingerprint density at radius 3 is 1.96 bits per heavy atom. The number of rotatable bonds is 7. The van der Waals surface area contributed by atoms with Crippen LogP contribution in [0.2, 0.25) is 0 Å². The van der Waals surface area contributed by atoms with Gasteiger partial charge >= 0.3 is 0 Å². The summed E-state index contributed by atoms with van der Waals surface area (Å²) in [5.74, 6) is 0.887. The van der Waals surface area contributed by atoms with Crippen molar-refractivity contribution in [2.75, 3.05) is 19.6 Å². The standard InChI is InChI=1S/C22H29N.ClH/c1-3-9-20(10-4-1)11-7-8-16-23-17-14-22(15-18-23)19-21-12-5-2-6-13-21;/h1-6,9-10,12-13,22H,7-8,11,14-19H2;1H. The summed E-state index contributed by atoms with van der Waals surface area (Å²) in [5, 5.41) is 0. The molecule has 2 aromatic rings. The van der Waals surface area contributed by atoms with Crippen LogP contribution in [-0.2, 0) is 12.8 Å². The van der Waals surface area contributed by atoms with Crippen LogP contribution in [0.4, 0.5) is 0 Å². The molecule has 0 saturated carbocycles. The predicted octanol–water partition coefficient (Wildman–Crippen LogP) is 5.39. The summed E-state index contributed by atoms with van der Waals surface area (Å²) in [6.07, 6.45) is 7.88. The topological polar surface area (TPSA) is 3.24 Å². The van der Waals surface area contributed by atoms with E-state index in [1.807, 2.05) is 0 Å². The Labute approximate surface area is 153 Å². The molecular formula is C22H30ClN. The van der Waals surface area contributed by atoms with Gasteiger partial charge in [0.05, 0.1) is 0 Å². The molecule has 0 aliphatic carbocycles. The fourth-order valence-electron chi connectivity index (χ4n) is 3.67. The molecule has 0 amide bonds. The van der Waals surface area contributed by atoms with Crippen molar-refractivity contribution in [1.82, 2.24) is 4.90 Å².